The Bertz CT molecular complexity index is 67.9. The fourth-order valence-corrected chi connectivity index (χ4v) is 2.01. The first-order valence-electron chi connectivity index (χ1n) is 2.95. The predicted octanol–water partition coefficient (Wildman–Crippen LogP) is -0.586. The minimum Gasteiger partial charge on any atom is -0.663 e. The van der Waals surface area contributed by atoms with Gasteiger partial charge in [0.25, 0.3) is 0 Å². The number of rotatable bonds is 1. The summed E-state index contributed by atoms with van der Waals surface area (Å²) in [6, 6.07) is 0. The number of nitrogens with zero attached hydrogens (tertiary/aromatic N) is 1. The van der Waals surface area contributed by atoms with Crippen LogP contribution in [0.15, 0.2) is 0 Å². The Hall–Kier alpha value is 0.774. The minimum absolute atomic E-state index is 0. The van der Waals surface area contributed by atoms with E-state index >= 15 is 0 Å². The van der Waals surface area contributed by atoms with Gasteiger partial charge < -0.3 is 4.98 Å². The van der Waals surface area contributed by atoms with Crippen LogP contribution in [-0.4, -0.2) is 14.5 Å². The topological polar surface area (TPSA) is 14.1 Å². The summed E-state index contributed by atoms with van der Waals surface area (Å²) in [5, 5.41) is 0. The van der Waals surface area contributed by atoms with Gasteiger partial charge in [0.05, 0.1) is 0 Å². The van der Waals surface area contributed by atoms with E-state index in [0.29, 0.717) is 0 Å². The van der Waals surface area contributed by atoms with E-state index < -0.39 is 0 Å². The van der Waals surface area contributed by atoms with E-state index in [9.17, 15) is 0 Å². The molecule has 0 unspecified atom stereocenters. The molecule has 0 N–H and O–H groups in total. The first kappa shape index (κ1) is 12.5. The maximum Gasteiger partial charge on any atom is 1.00 e. The molecule has 3 heteroatoms. The SMILES string of the molecule is C[Si](C)[N-]C(C)(C)C.[Li+]. The molecule has 0 aromatic rings. The van der Waals surface area contributed by atoms with Gasteiger partial charge in [0.1, 0.15) is 0 Å². The zero-order valence-electron chi connectivity index (χ0n) is 7.45. The van der Waals surface area contributed by atoms with Crippen LogP contribution in [-0.2, 0) is 0 Å². The standard InChI is InChI=1S/C6H15NSi.Li/c1-6(2,3)7-8(4)5;/h1-5H3;/q-1;+1. The summed E-state index contributed by atoms with van der Waals surface area (Å²) in [4.78, 5) is 4.51. The van der Waals surface area contributed by atoms with Crippen molar-refractivity contribution in [3.05, 3.63) is 4.98 Å². The van der Waals surface area contributed by atoms with Crippen molar-refractivity contribution in [2.75, 3.05) is 0 Å². The van der Waals surface area contributed by atoms with Crippen LogP contribution in [0.2, 0.25) is 13.1 Å². The van der Waals surface area contributed by atoms with Gasteiger partial charge >= 0.3 is 18.9 Å². The van der Waals surface area contributed by atoms with Crippen molar-refractivity contribution in [2.45, 2.75) is 39.4 Å². The Kier molecular flexibility index (Phi) is 6.32. The third kappa shape index (κ3) is 12.1. The molecule has 0 aliphatic rings. The van der Waals surface area contributed by atoms with Gasteiger partial charge in [-0.2, -0.15) is 0 Å². The Balaban J connectivity index is 0. The van der Waals surface area contributed by atoms with Crippen LogP contribution in [0.3, 0.4) is 0 Å². The van der Waals surface area contributed by atoms with E-state index in [2.05, 4.69) is 38.8 Å². The van der Waals surface area contributed by atoms with Crippen LogP contribution in [0.25, 0.3) is 4.98 Å². The molecule has 9 heavy (non-hydrogen) atoms. The molecule has 0 bridgehead atoms. The van der Waals surface area contributed by atoms with E-state index in [-0.39, 0.29) is 33.4 Å². The van der Waals surface area contributed by atoms with Gasteiger partial charge in [-0.25, -0.2) is 0 Å². The van der Waals surface area contributed by atoms with E-state index in [1.807, 2.05) is 0 Å². The summed E-state index contributed by atoms with van der Waals surface area (Å²) in [5.41, 5.74) is 0.192. The molecule has 0 aliphatic carbocycles. The minimum atomic E-state index is -0.367. The fourth-order valence-electron chi connectivity index (χ4n) is 0.671. The second-order valence-corrected chi connectivity index (χ2v) is 5.35. The van der Waals surface area contributed by atoms with Crippen molar-refractivity contribution in [1.82, 2.24) is 0 Å². The summed E-state index contributed by atoms with van der Waals surface area (Å²) >= 11 is 0. The van der Waals surface area contributed by atoms with Crippen molar-refractivity contribution in [2.24, 2.45) is 0 Å². The third-order valence-electron chi connectivity index (χ3n) is 0.559. The summed E-state index contributed by atoms with van der Waals surface area (Å²) in [6.07, 6.45) is 0. The van der Waals surface area contributed by atoms with E-state index in [1.165, 1.54) is 0 Å². The van der Waals surface area contributed by atoms with Gasteiger partial charge in [0.2, 0.25) is 0 Å². The molecule has 0 aromatic carbocycles. The van der Waals surface area contributed by atoms with Crippen molar-refractivity contribution in [3.8, 4) is 0 Å². The Morgan fingerprint density at radius 2 is 1.44 bits per heavy atom. The molecule has 0 fully saturated rings. The summed E-state index contributed by atoms with van der Waals surface area (Å²) in [7, 11) is -0.367. The zero-order valence-corrected chi connectivity index (χ0v) is 8.45. The average Bonchev–Trinajstić information content (AvgIpc) is 1.21. The fraction of sp³-hybridized carbons (Fsp3) is 1.00. The third-order valence-corrected chi connectivity index (χ3v) is 1.68. The molecule has 0 saturated carbocycles. The second kappa shape index (κ2) is 4.57. The molecular formula is C6H15LiNSi. The van der Waals surface area contributed by atoms with E-state index in [4.69, 9.17) is 0 Å². The molecule has 1 nitrogen and oxygen atoms in total. The molecule has 0 rings (SSSR count). The Morgan fingerprint density at radius 1 is 1.11 bits per heavy atom. The number of hydrogen-bond acceptors (Lipinski definition) is 0. The molecule has 0 saturated heterocycles. The van der Waals surface area contributed by atoms with Gasteiger partial charge in [-0.15, -0.1) is 5.54 Å². The predicted molar refractivity (Wildman–Crippen MR) is 40.6 cm³/mol. The van der Waals surface area contributed by atoms with Crippen molar-refractivity contribution in [3.63, 3.8) is 0 Å². The summed E-state index contributed by atoms with van der Waals surface area (Å²) in [6.45, 7) is 10.8. The van der Waals surface area contributed by atoms with Crippen molar-refractivity contribution < 1.29 is 18.9 Å². The molecule has 0 aliphatic heterocycles. The van der Waals surface area contributed by atoms with Crippen LogP contribution in [0.4, 0.5) is 0 Å². The average molecular weight is 136 g/mol. The maximum absolute atomic E-state index is 4.51. The molecular weight excluding hydrogens is 121 g/mol. The first-order valence-corrected chi connectivity index (χ1v) is 5.39. The van der Waals surface area contributed by atoms with Crippen molar-refractivity contribution in [1.29, 1.82) is 0 Å². The Morgan fingerprint density at radius 3 is 1.44 bits per heavy atom. The van der Waals surface area contributed by atoms with Gasteiger partial charge in [0.15, 0.2) is 0 Å². The van der Waals surface area contributed by atoms with E-state index in [1.54, 1.807) is 0 Å². The summed E-state index contributed by atoms with van der Waals surface area (Å²) in [5.74, 6) is 0. The molecule has 0 atom stereocenters. The molecule has 0 heterocycles. The quantitative estimate of drug-likeness (QED) is 0.428. The molecule has 0 aromatic heterocycles. The van der Waals surface area contributed by atoms with E-state index in [0.717, 1.165) is 0 Å². The zero-order chi connectivity index (χ0) is 6.78. The van der Waals surface area contributed by atoms with Gasteiger partial charge in [-0.05, 0) is 0 Å². The van der Waals surface area contributed by atoms with Crippen molar-refractivity contribution >= 4 is 8.96 Å². The summed E-state index contributed by atoms with van der Waals surface area (Å²) < 4.78 is 0. The molecule has 0 amide bonds. The smallest absolute Gasteiger partial charge is 0.663 e. The van der Waals surface area contributed by atoms with Gasteiger partial charge in [-0.3, -0.25) is 0 Å². The Labute approximate surface area is 72.5 Å². The monoisotopic (exact) mass is 136 g/mol. The van der Waals surface area contributed by atoms with Gasteiger partial charge in [0, 0.05) is 0 Å². The van der Waals surface area contributed by atoms with Crippen LogP contribution in [0.5, 0.6) is 0 Å². The van der Waals surface area contributed by atoms with Crippen LogP contribution in [0.1, 0.15) is 20.8 Å². The largest absolute Gasteiger partial charge is 1.00 e. The maximum atomic E-state index is 4.51. The normalized spacial score (nSPS) is 11.3. The van der Waals surface area contributed by atoms with Gasteiger partial charge in [-0.1, -0.05) is 42.8 Å². The molecule has 1 radical (unpaired) electrons. The first-order chi connectivity index (χ1) is 3.42. The van der Waals surface area contributed by atoms with Crippen LogP contribution >= 0.6 is 0 Å². The number of hydrogen-bond donors (Lipinski definition) is 0. The van der Waals surface area contributed by atoms with Crippen LogP contribution < -0.4 is 18.9 Å². The second-order valence-electron chi connectivity index (χ2n) is 3.23. The molecule has 49 valence electrons. The molecule has 0 spiro atoms. The van der Waals surface area contributed by atoms with Crippen LogP contribution in [0, 0.1) is 0 Å².